The first-order chi connectivity index (χ1) is 4.93. The van der Waals surface area contributed by atoms with E-state index in [1.165, 1.54) is 0 Å². The van der Waals surface area contributed by atoms with Crippen LogP contribution in [0, 0.1) is 0 Å². The average Bonchev–Trinajstić information content (AvgIpc) is 2.03. The van der Waals surface area contributed by atoms with Crippen LogP contribution in [0.25, 0.3) is 0 Å². The monoisotopic (exact) mass is 140 g/mol. The van der Waals surface area contributed by atoms with Crippen LogP contribution in [0.3, 0.4) is 0 Å². The third-order valence-corrected chi connectivity index (χ3v) is 1.76. The molecule has 0 amide bonds. The fourth-order valence-electron chi connectivity index (χ4n) is 1.18. The number of rotatable bonds is 3. The molecule has 57 valence electrons. The van der Waals surface area contributed by atoms with Gasteiger partial charge < -0.3 is 0 Å². The van der Waals surface area contributed by atoms with Gasteiger partial charge in [0.25, 0.3) is 0 Å². The smallest absolute Gasteiger partial charge is 0.0834 e. The summed E-state index contributed by atoms with van der Waals surface area (Å²) in [7, 11) is 0. The molecule has 0 fully saturated rings. The van der Waals surface area contributed by atoms with Crippen LogP contribution in [0.5, 0.6) is 0 Å². The Labute approximate surface area is 62.2 Å². The van der Waals surface area contributed by atoms with Crippen LogP contribution in [-0.4, -0.2) is 31.1 Å². The van der Waals surface area contributed by atoms with Crippen molar-refractivity contribution in [2.24, 2.45) is 0 Å². The maximum atomic E-state index is 10.1. The summed E-state index contributed by atoms with van der Waals surface area (Å²) >= 11 is 0. The summed E-state index contributed by atoms with van der Waals surface area (Å²) < 4.78 is 0. The number of hydrogen-bond donors (Lipinski definition) is 0. The van der Waals surface area contributed by atoms with Crippen LogP contribution in [-0.2, 0) is 5.11 Å². The highest BCUT2D eigenvalue weighted by Crippen LogP contribution is 2.00. The van der Waals surface area contributed by atoms with Crippen molar-refractivity contribution >= 4 is 0 Å². The van der Waals surface area contributed by atoms with E-state index in [2.05, 4.69) is 17.1 Å². The van der Waals surface area contributed by atoms with E-state index in [9.17, 15) is 5.11 Å². The zero-order valence-corrected chi connectivity index (χ0v) is 6.25. The van der Waals surface area contributed by atoms with E-state index in [4.69, 9.17) is 0 Å². The Hall–Kier alpha value is -0.340. The van der Waals surface area contributed by atoms with Gasteiger partial charge in [-0.2, -0.15) is 0 Å². The summed E-state index contributed by atoms with van der Waals surface area (Å²) in [6.07, 6.45) is 6.33. The summed E-state index contributed by atoms with van der Waals surface area (Å²) in [6.45, 7) is 3.23. The second-order valence-electron chi connectivity index (χ2n) is 2.62. The third-order valence-electron chi connectivity index (χ3n) is 1.76. The van der Waals surface area contributed by atoms with Gasteiger partial charge in [0.15, 0.2) is 0 Å². The van der Waals surface area contributed by atoms with Gasteiger partial charge in [0.05, 0.1) is 6.61 Å². The second-order valence-corrected chi connectivity index (χ2v) is 2.62. The molecule has 0 bridgehead atoms. The molecule has 10 heavy (non-hydrogen) atoms. The van der Waals surface area contributed by atoms with Gasteiger partial charge in [-0.05, 0) is 12.8 Å². The highest BCUT2D eigenvalue weighted by Gasteiger charge is 2.03. The number of hydrogen-bond acceptors (Lipinski definition) is 1. The van der Waals surface area contributed by atoms with Crippen molar-refractivity contribution in [2.45, 2.75) is 12.8 Å². The van der Waals surface area contributed by atoms with Gasteiger partial charge in [0.2, 0.25) is 0 Å². The summed E-state index contributed by atoms with van der Waals surface area (Å²) in [5.41, 5.74) is 0. The van der Waals surface area contributed by atoms with E-state index in [-0.39, 0.29) is 6.61 Å². The van der Waals surface area contributed by atoms with Crippen molar-refractivity contribution in [1.82, 2.24) is 4.90 Å². The maximum absolute atomic E-state index is 10.1. The third kappa shape index (κ3) is 2.50. The van der Waals surface area contributed by atoms with E-state index in [1.807, 2.05) is 0 Å². The zero-order valence-electron chi connectivity index (χ0n) is 6.25. The zero-order chi connectivity index (χ0) is 7.23. The minimum Gasteiger partial charge on any atom is -0.299 e. The average molecular weight is 140 g/mol. The Morgan fingerprint density at radius 3 is 2.90 bits per heavy atom. The predicted molar refractivity (Wildman–Crippen MR) is 40.4 cm³/mol. The molecule has 1 aliphatic heterocycles. The first-order valence-electron chi connectivity index (χ1n) is 3.89. The van der Waals surface area contributed by atoms with Gasteiger partial charge in [0, 0.05) is 19.6 Å². The fraction of sp³-hybridized carbons (Fsp3) is 0.750. The SMILES string of the molecule is [O]CCCN1CC=CCC1. The highest BCUT2D eigenvalue weighted by molar-refractivity contribution is 4.90. The van der Waals surface area contributed by atoms with Gasteiger partial charge in [-0.25, -0.2) is 5.11 Å². The molecular weight excluding hydrogens is 126 g/mol. The molecule has 1 rings (SSSR count). The summed E-state index contributed by atoms with van der Waals surface area (Å²) in [6, 6.07) is 0. The molecule has 0 saturated carbocycles. The molecule has 0 spiro atoms. The molecule has 1 aliphatic rings. The Balaban J connectivity index is 2.10. The van der Waals surface area contributed by atoms with Gasteiger partial charge in [-0.3, -0.25) is 4.90 Å². The molecule has 2 heteroatoms. The largest absolute Gasteiger partial charge is 0.299 e. The molecule has 0 unspecified atom stereocenters. The standard InChI is InChI=1S/C8H14NO/c10-8-4-7-9-5-2-1-3-6-9/h1-2H,3-8H2. The second kappa shape index (κ2) is 4.47. The molecule has 0 N–H and O–H groups in total. The van der Waals surface area contributed by atoms with Crippen molar-refractivity contribution in [1.29, 1.82) is 0 Å². The molecule has 0 aliphatic carbocycles. The Kier molecular flexibility index (Phi) is 3.47. The van der Waals surface area contributed by atoms with E-state index in [0.29, 0.717) is 0 Å². The van der Waals surface area contributed by atoms with Crippen molar-refractivity contribution in [3.05, 3.63) is 12.2 Å². The summed E-state index contributed by atoms with van der Waals surface area (Å²) in [4.78, 5) is 2.32. The van der Waals surface area contributed by atoms with E-state index >= 15 is 0 Å². The van der Waals surface area contributed by atoms with Crippen LogP contribution in [0.1, 0.15) is 12.8 Å². The van der Waals surface area contributed by atoms with Gasteiger partial charge in [-0.1, -0.05) is 12.2 Å². The van der Waals surface area contributed by atoms with E-state index < -0.39 is 0 Å². The van der Waals surface area contributed by atoms with Crippen molar-refractivity contribution in [2.75, 3.05) is 26.2 Å². The first kappa shape index (κ1) is 7.76. The Morgan fingerprint density at radius 2 is 2.30 bits per heavy atom. The Morgan fingerprint density at radius 1 is 1.40 bits per heavy atom. The van der Waals surface area contributed by atoms with Crippen molar-refractivity contribution in [3.63, 3.8) is 0 Å². The van der Waals surface area contributed by atoms with Crippen LogP contribution < -0.4 is 0 Å². The lowest BCUT2D eigenvalue weighted by atomic mass is 10.2. The molecule has 1 radical (unpaired) electrons. The molecule has 0 aromatic carbocycles. The van der Waals surface area contributed by atoms with Gasteiger partial charge >= 0.3 is 0 Å². The summed E-state index contributed by atoms with van der Waals surface area (Å²) in [5, 5.41) is 10.1. The molecular formula is C8H14NO. The van der Waals surface area contributed by atoms with Crippen LogP contribution in [0.2, 0.25) is 0 Å². The first-order valence-corrected chi connectivity index (χ1v) is 3.89. The predicted octanol–water partition coefficient (Wildman–Crippen LogP) is 1.07. The molecule has 0 saturated heterocycles. The minimum atomic E-state index is 0.0697. The maximum Gasteiger partial charge on any atom is 0.0834 e. The van der Waals surface area contributed by atoms with Gasteiger partial charge in [-0.15, -0.1) is 0 Å². The van der Waals surface area contributed by atoms with Crippen LogP contribution in [0.4, 0.5) is 0 Å². The topological polar surface area (TPSA) is 23.1 Å². The highest BCUT2D eigenvalue weighted by atomic mass is 16.3. The quantitative estimate of drug-likeness (QED) is 0.538. The molecule has 2 nitrogen and oxygen atoms in total. The van der Waals surface area contributed by atoms with E-state index in [1.54, 1.807) is 0 Å². The van der Waals surface area contributed by atoms with Gasteiger partial charge in [0.1, 0.15) is 0 Å². The lowest BCUT2D eigenvalue weighted by Crippen LogP contribution is -2.28. The minimum absolute atomic E-state index is 0.0697. The van der Waals surface area contributed by atoms with Crippen molar-refractivity contribution in [3.8, 4) is 0 Å². The van der Waals surface area contributed by atoms with E-state index in [0.717, 1.165) is 32.5 Å². The normalized spacial score (nSPS) is 19.7. The van der Waals surface area contributed by atoms with Crippen LogP contribution >= 0.6 is 0 Å². The number of nitrogens with zero attached hydrogens (tertiary/aromatic N) is 1. The lowest BCUT2D eigenvalue weighted by molar-refractivity contribution is 0.168. The Bertz CT molecular complexity index is 112. The lowest BCUT2D eigenvalue weighted by Gasteiger charge is -2.21. The molecule has 1 heterocycles. The van der Waals surface area contributed by atoms with Crippen molar-refractivity contribution < 1.29 is 5.11 Å². The molecule has 0 atom stereocenters. The fourth-order valence-corrected chi connectivity index (χ4v) is 1.18. The summed E-state index contributed by atoms with van der Waals surface area (Å²) in [5.74, 6) is 0. The van der Waals surface area contributed by atoms with Crippen LogP contribution in [0.15, 0.2) is 12.2 Å². The molecule has 0 aromatic heterocycles. The molecule has 0 aromatic rings.